The van der Waals surface area contributed by atoms with Gasteiger partial charge >= 0.3 is 0 Å². The largest absolute Gasteiger partial charge is 0.461 e. The Bertz CT molecular complexity index is 2890. The van der Waals surface area contributed by atoms with Gasteiger partial charge in [0.15, 0.2) is 0 Å². The number of hydrogen-bond donors (Lipinski definition) is 0. The molecule has 3 aromatic heterocycles. The molecule has 4 heteroatoms. The van der Waals surface area contributed by atoms with Crippen molar-refractivity contribution < 1.29 is 4.74 Å². The van der Waals surface area contributed by atoms with Gasteiger partial charge in [0.1, 0.15) is 11.5 Å². The molecule has 4 heterocycles. The van der Waals surface area contributed by atoms with Crippen molar-refractivity contribution >= 4 is 69.9 Å². The molecule has 6 aromatic carbocycles. The van der Waals surface area contributed by atoms with Gasteiger partial charge in [-0.05, 0) is 53.9 Å². The lowest BCUT2D eigenvalue weighted by Crippen LogP contribution is -2.07. The van der Waals surface area contributed by atoms with Crippen LogP contribution in [0.4, 0.5) is 0 Å². The van der Waals surface area contributed by atoms with Gasteiger partial charge in [-0.2, -0.15) is 0 Å². The first-order valence-corrected chi connectivity index (χ1v) is 17.6. The molecule has 0 amide bonds. The van der Waals surface area contributed by atoms with Crippen LogP contribution >= 0.6 is 11.3 Å². The van der Waals surface area contributed by atoms with E-state index in [9.17, 15) is 0 Å². The number of rotatable bonds is 3. The van der Waals surface area contributed by atoms with Crippen molar-refractivity contribution in [1.29, 1.82) is 0 Å². The van der Waals surface area contributed by atoms with Crippen LogP contribution in [0.5, 0.6) is 5.75 Å². The minimum atomic E-state index is 0.130. The van der Waals surface area contributed by atoms with E-state index in [0.717, 1.165) is 45.8 Å². The maximum Gasteiger partial charge on any atom is 0.131 e. The number of para-hydroxylation sites is 2. The Hall–Kier alpha value is -5.97. The van der Waals surface area contributed by atoms with E-state index in [2.05, 4.69) is 156 Å². The van der Waals surface area contributed by atoms with E-state index < -0.39 is 0 Å². The molecule has 0 fully saturated rings. The quantitative estimate of drug-likeness (QED) is 0.191. The van der Waals surface area contributed by atoms with E-state index in [1.807, 2.05) is 11.3 Å². The minimum absolute atomic E-state index is 0.130. The first-order valence-electron chi connectivity index (χ1n) is 16.8. The summed E-state index contributed by atoms with van der Waals surface area (Å²) in [5.74, 6) is 2.05. The van der Waals surface area contributed by atoms with Crippen LogP contribution in [0.25, 0.3) is 81.0 Å². The molecule has 0 saturated heterocycles. The van der Waals surface area contributed by atoms with Crippen LogP contribution < -0.4 is 4.74 Å². The van der Waals surface area contributed by atoms with Crippen molar-refractivity contribution in [3.05, 3.63) is 163 Å². The Kier molecular flexibility index (Phi) is 5.66. The van der Waals surface area contributed by atoms with Gasteiger partial charge in [0.2, 0.25) is 0 Å². The van der Waals surface area contributed by atoms with Crippen LogP contribution in [-0.2, 0) is 0 Å². The van der Waals surface area contributed by atoms with Gasteiger partial charge in [-0.15, -0.1) is 11.3 Å². The molecule has 1 aliphatic carbocycles. The molecule has 3 nitrogen and oxygen atoms in total. The highest BCUT2D eigenvalue weighted by molar-refractivity contribution is 7.26. The molecule has 2 aliphatic rings. The van der Waals surface area contributed by atoms with Crippen molar-refractivity contribution in [1.82, 2.24) is 9.55 Å². The third-order valence-corrected chi connectivity index (χ3v) is 11.6. The molecule has 49 heavy (non-hydrogen) atoms. The standard InChI is InChI=1S/C45H28N2OS/c1-2-11-27(12-3-1)35-26-37(46-36-17-7-4-13-29(35)36)32-16-10-19-40-43(32)34-22-21-28(25-41(34)48-40)47-38-18-8-5-15-33(38)44-39(47)24-23-31-30-14-6-9-20-42(30)49-45(31)44/h1-21,23-26,34H,22H2. The number of aromatic nitrogens is 2. The number of allylic oxidation sites excluding steroid dienone is 4. The predicted molar refractivity (Wildman–Crippen MR) is 205 cm³/mol. The fourth-order valence-corrected chi connectivity index (χ4v) is 9.46. The van der Waals surface area contributed by atoms with Crippen molar-refractivity contribution in [2.75, 3.05) is 0 Å². The lowest BCUT2D eigenvalue weighted by atomic mass is 9.86. The Labute approximate surface area is 286 Å². The number of benzene rings is 6. The fraction of sp³-hybridized carbons (Fsp3) is 0.0444. The highest BCUT2D eigenvalue weighted by atomic mass is 32.1. The highest BCUT2D eigenvalue weighted by Gasteiger charge is 2.35. The van der Waals surface area contributed by atoms with E-state index in [1.54, 1.807) is 0 Å². The molecule has 0 saturated carbocycles. The van der Waals surface area contributed by atoms with E-state index in [-0.39, 0.29) is 5.92 Å². The first kappa shape index (κ1) is 27.0. The van der Waals surface area contributed by atoms with E-state index in [0.29, 0.717) is 0 Å². The Morgan fingerprint density at radius 3 is 2.37 bits per heavy atom. The zero-order valence-electron chi connectivity index (χ0n) is 26.4. The molecular formula is C45H28N2OS. The van der Waals surface area contributed by atoms with E-state index in [1.165, 1.54) is 58.7 Å². The van der Waals surface area contributed by atoms with Crippen LogP contribution in [0.2, 0.25) is 0 Å². The topological polar surface area (TPSA) is 27.1 Å². The molecule has 0 radical (unpaired) electrons. The predicted octanol–water partition coefficient (Wildman–Crippen LogP) is 12.3. The van der Waals surface area contributed by atoms with Gasteiger partial charge in [-0.25, -0.2) is 4.98 Å². The summed E-state index contributed by atoms with van der Waals surface area (Å²) in [6, 6.07) is 49.9. The molecule has 0 N–H and O–H groups in total. The Morgan fingerprint density at radius 2 is 1.45 bits per heavy atom. The molecular weight excluding hydrogens is 617 g/mol. The summed E-state index contributed by atoms with van der Waals surface area (Å²) in [6.07, 6.45) is 5.51. The molecule has 11 rings (SSSR count). The number of thiophene rings is 1. The summed E-state index contributed by atoms with van der Waals surface area (Å²) in [4.78, 5) is 5.22. The number of pyridine rings is 1. The van der Waals surface area contributed by atoms with Gasteiger partial charge in [-0.1, -0.05) is 109 Å². The van der Waals surface area contributed by atoms with Gasteiger partial charge in [0, 0.05) is 59.2 Å². The molecule has 230 valence electrons. The summed E-state index contributed by atoms with van der Waals surface area (Å²) in [5.41, 5.74) is 10.3. The van der Waals surface area contributed by atoms with Crippen LogP contribution in [0.15, 0.2) is 157 Å². The first-order chi connectivity index (χ1) is 24.3. The SMILES string of the molecule is C1=C2Oc3cccc(-c4cc(-c5ccccc5)c5ccccc5n4)c3C2CC=C1n1c2ccccc2c2c3sc4ccccc4c3ccc21. The summed E-state index contributed by atoms with van der Waals surface area (Å²) in [7, 11) is 0. The number of nitrogens with zero attached hydrogens (tertiary/aromatic N) is 2. The second kappa shape index (κ2) is 10.3. The maximum absolute atomic E-state index is 6.72. The van der Waals surface area contributed by atoms with Crippen LogP contribution in [-0.4, -0.2) is 9.55 Å². The zero-order valence-corrected chi connectivity index (χ0v) is 27.2. The smallest absolute Gasteiger partial charge is 0.131 e. The second-order valence-electron chi connectivity index (χ2n) is 13.0. The summed E-state index contributed by atoms with van der Waals surface area (Å²) >= 11 is 1.89. The number of fused-ring (bicyclic) bond motifs is 11. The minimum Gasteiger partial charge on any atom is -0.461 e. The summed E-state index contributed by atoms with van der Waals surface area (Å²) in [6.45, 7) is 0. The van der Waals surface area contributed by atoms with E-state index in [4.69, 9.17) is 9.72 Å². The fourth-order valence-electron chi connectivity index (χ4n) is 8.20. The Balaban J connectivity index is 1.05. The Morgan fingerprint density at radius 1 is 0.653 bits per heavy atom. The zero-order chi connectivity index (χ0) is 32.1. The van der Waals surface area contributed by atoms with Gasteiger partial charge in [0.25, 0.3) is 0 Å². The molecule has 9 aromatic rings. The van der Waals surface area contributed by atoms with Crippen LogP contribution in [0.1, 0.15) is 17.9 Å². The van der Waals surface area contributed by atoms with Crippen LogP contribution in [0, 0.1) is 0 Å². The normalized spacial score (nSPS) is 15.5. The molecule has 1 unspecified atom stereocenters. The van der Waals surface area contributed by atoms with Gasteiger partial charge in [-0.3, -0.25) is 0 Å². The molecule has 0 spiro atoms. The van der Waals surface area contributed by atoms with Gasteiger partial charge < -0.3 is 9.30 Å². The monoisotopic (exact) mass is 644 g/mol. The molecule has 1 atom stereocenters. The number of ether oxygens (including phenoxy) is 1. The van der Waals surface area contributed by atoms with Crippen molar-refractivity contribution in [3.8, 4) is 28.1 Å². The highest BCUT2D eigenvalue weighted by Crippen LogP contribution is 2.51. The molecule has 0 bridgehead atoms. The summed E-state index contributed by atoms with van der Waals surface area (Å²) < 4.78 is 11.8. The van der Waals surface area contributed by atoms with Crippen molar-refractivity contribution in [3.63, 3.8) is 0 Å². The lowest BCUT2D eigenvalue weighted by molar-refractivity contribution is 0.425. The lowest BCUT2D eigenvalue weighted by Gasteiger charge is -2.19. The third-order valence-electron chi connectivity index (χ3n) is 10.4. The van der Waals surface area contributed by atoms with Crippen molar-refractivity contribution in [2.45, 2.75) is 12.3 Å². The summed E-state index contributed by atoms with van der Waals surface area (Å²) in [5, 5.41) is 6.42. The van der Waals surface area contributed by atoms with Crippen LogP contribution in [0.3, 0.4) is 0 Å². The molecule has 1 aliphatic heterocycles. The maximum atomic E-state index is 6.72. The average Bonchev–Trinajstić information content (AvgIpc) is 3.83. The third kappa shape index (κ3) is 3.92. The average molecular weight is 645 g/mol. The van der Waals surface area contributed by atoms with Gasteiger partial charge in [0.05, 0.1) is 28.2 Å². The second-order valence-corrected chi connectivity index (χ2v) is 14.1. The van der Waals surface area contributed by atoms with Crippen molar-refractivity contribution in [2.24, 2.45) is 0 Å². The van der Waals surface area contributed by atoms with E-state index >= 15 is 0 Å². The number of hydrogen-bond acceptors (Lipinski definition) is 3.